The van der Waals surface area contributed by atoms with E-state index in [1.807, 2.05) is 13.0 Å². The largest absolute Gasteiger partial charge is 0.0871 e. The highest BCUT2D eigenvalue weighted by Crippen LogP contribution is 2.19. The Hall–Kier alpha value is -3.12. The summed E-state index contributed by atoms with van der Waals surface area (Å²) >= 11 is 0. The monoisotopic (exact) mass is 480 g/mol. The summed E-state index contributed by atoms with van der Waals surface area (Å²) in [5, 5.41) is 0. The van der Waals surface area contributed by atoms with Gasteiger partial charge in [0.25, 0.3) is 0 Å². The molecule has 0 saturated carbocycles. The van der Waals surface area contributed by atoms with Gasteiger partial charge >= 0.3 is 0 Å². The molecular formula is C36H48. The molecule has 0 aromatic heterocycles. The number of benzene rings is 3. The van der Waals surface area contributed by atoms with Crippen LogP contribution in [0.5, 0.6) is 0 Å². The molecule has 3 aromatic carbocycles. The summed E-state index contributed by atoms with van der Waals surface area (Å²) in [7, 11) is 0. The fourth-order valence-electron chi connectivity index (χ4n) is 4.07. The van der Waals surface area contributed by atoms with E-state index in [0.717, 1.165) is 12.8 Å². The molecule has 3 rings (SSSR count). The average molecular weight is 481 g/mol. The van der Waals surface area contributed by atoms with Gasteiger partial charge in [0.1, 0.15) is 0 Å². The van der Waals surface area contributed by atoms with E-state index in [-0.39, 0.29) is 0 Å². The Balaban J connectivity index is 0.000000274. The van der Waals surface area contributed by atoms with E-state index in [9.17, 15) is 0 Å². The van der Waals surface area contributed by atoms with Crippen LogP contribution in [-0.4, -0.2) is 0 Å². The Kier molecular flexibility index (Phi) is 14.2. The molecule has 3 aromatic rings. The molecular weight excluding hydrogens is 432 g/mol. The maximum atomic E-state index is 2.33. The lowest BCUT2D eigenvalue weighted by molar-refractivity contribution is 1.07. The van der Waals surface area contributed by atoms with Crippen LogP contribution in [0.3, 0.4) is 0 Å². The Labute approximate surface area is 222 Å². The van der Waals surface area contributed by atoms with Crippen molar-refractivity contribution in [2.24, 2.45) is 0 Å². The molecule has 36 heavy (non-hydrogen) atoms. The number of hydrogen-bond donors (Lipinski definition) is 0. The predicted molar refractivity (Wildman–Crippen MR) is 166 cm³/mol. The third-order valence-corrected chi connectivity index (χ3v) is 6.37. The van der Waals surface area contributed by atoms with Crippen LogP contribution in [0.25, 0.3) is 18.2 Å². The van der Waals surface area contributed by atoms with E-state index in [1.54, 1.807) is 0 Å². The van der Waals surface area contributed by atoms with Crippen molar-refractivity contribution in [1.82, 2.24) is 0 Å². The van der Waals surface area contributed by atoms with Crippen LogP contribution in [0.4, 0.5) is 0 Å². The van der Waals surface area contributed by atoms with Crippen LogP contribution < -0.4 is 0 Å². The SMILES string of the molecule is C/C=C/c1cc(CC)c(C)cc1CC.CC=Cc1cc(C)c(C)cc1C.CC=Cc1ccc(C)cc1. The minimum absolute atomic E-state index is 1.12. The van der Waals surface area contributed by atoms with Gasteiger partial charge in [-0.25, -0.2) is 0 Å². The maximum absolute atomic E-state index is 2.33. The zero-order valence-corrected chi connectivity index (χ0v) is 24.5. The smallest absolute Gasteiger partial charge is 0.0225 e. The summed E-state index contributed by atoms with van der Waals surface area (Å²) in [5.74, 6) is 0. The Morgan fingerprint density at radius 2 is 1.03 bits per heavy atom. The summed E-state index contributed by atoms with van der Waals surface area (Å²) in [6, 6.07) is 17.6. The first-order valence-corrected chi connectivity index (χ1v) is 13.4. The van der Waals surface area contributed by atoms with E-state index in [2.05, 4.69) is 141 Å². The second kappa shape index (κ2) is 16.5. The zero-order valence-electron chi connectivity index (χ0n) is 24.5. The first-order valence-electron chi connectivity index (χ1n) is 13.4. The van der Waals surface area contributed by atoms with Crippen molar-refractivity contribution < 1.29 is 0 Å². The van der Waals surface area contributed by atoms with Gasteiger partial charge in [0, 0.05) is 0 Å². The molecule has 0 bridgehead atoms. The summed E-state index contributed by atoms with van der Waals surface area (Å²) in [4.78, 5) is 0. The van der Waals surface area contributed by atoms with Gasteiger partial charge in [-0.1, -0.05) is 104 Å². The topological polar surface area (TPSA) is 0 Å². The zero-order chi connectivity index (χ0) is 27.1. The molecule has 0 heteroatoms. The summed E-state index contributed by atoms with van der Waals surface area (Å²) in [6.07, 6.45) is 14.9. The molecule has 0 aliphatic rings. The highest BCUT2D eigenvalue weighted by Gasteiger charge is 2.02. The van der Waals surface area contributed by atoms with Crippen molar-refractivity contribution in [2.75, 3.05) is 0 Å². The minimum Gasteiger partial charge on any atom is -0.0871 e. The fourth-order valence-corrected chi connectivity index (χ4v) is 4.07. The number of aryl methyl sites for hydroxylation is 7. The summed E-state index contributed by atoms with van der Waals surface area (Å²) in [5.41, 5.74) is 13.8. The van der Waals surface area contributed by atoms with E-state index in [4.69, 9.17) is 0 Å². The molecule has 0 nitrogen and oxygen atoms in total. The minimum atomic E-state index is 1.12. The van der Waals surface area contributed by atoms with Gasteiger partial charge in [-0.2, -0.15) is 0 Å². The lowest BCUT2D eigenvalue weighted by Crippen LogP contribution is -1.93. The third kappa shape index (κ3) is 10.2. The van der Waals surface area contributed by atoms with Crippen LogP contribution in [0, 0.1) is 34.6 Å². The lowest BCUT2D eigenvalue weighted by Gasteiger charge is -2.09. The first kappa shape index (κ1) is 30.9. The number of hydrogen-bond acceptors (Lipinski definition) is 0. The number of allylic oxidation sites excluding steroid dienone is 3. The van der Waals surface area contributed by atoms with E-state index >= 15 is 0 Å². The van der Waals surface area contributed by atoms with Crippen molar-refractivity contribution in [3.8, 4) is 0 Å². The van der Waals surface area contributed by atoms with Gasteiger partial charge in [-0.05, 0) is 118 Å². The molecule has 0 heterocycles. The van der Waals surface area contributed by atoms with E-state index in [0.29, 0.717) is 0 Å². The highest BCUT2D eigenvalue weighted by atomic mass is 14.1. The molecule has 0 radical (unpaired) electrons. The molecule has 0 saturated heterocycles. The van der Waals surface area contributed by atoms with Gasteiger partial charge in [-0.3, -0.25) is 0 Å². The first-order chi connectivity index (χ1) is 17.2. The fraction of sp³-hybridized carbons (Fsp3) is 0.333. The molecule has 0 aliphatic heterocycles. The number of rotatable bonds is 5. The molecule has 0 atom stereocenters. The predicted octanol–water partition coefficient (Wildman–Crippen LogP) is 10.8. The van der Waals surface area contributed by atoms with Gasteiger partial charge in [0.2, 0.25) is 0 Å². The van der Waals surface area contributed by atoms with Crippen LogP contribution >= 0.6 is 0 Å². The Bertz CT molecular complexity index is 1150. The molecule has 0 unspecified atom stereocenters. The van der Waals surface area contributed by atoms with Crippen LogP contribution in [0.2, 0.25) is 0 Å². The van der Waals surface area contributed by atoms with Gasteiger partial charge in [0.15, 0.2) is 0 Å². The quantitative estimate of drug-likeness (QED) is 0.340. The van der Waals surface area contributed by atoms with Crippen molar-refractivity contribution in [1.29, 1.82) is 0 Å². The van der Waals surface area contributed by atoms with Crippen LogP contribution in [-0.2, 0) is 12.8 Å². The second-order valence-corrected chi connectivity index (χ2v) is 9.39. The molecule has 0 aliphatic carbocycles. The summed E-state index contributed by atoms with van der Waals surface area (Å²) < 4.78 is 0. The van der Waals surface area contributed by atoms with Crippen molar-refractivity contribution in [3.63, 3.8) is 0 Å². The Morgan fingerprint density at radius 3 is 1.56 bits per heavy atom. The van der Waals surface area contributed by atoms with Crippen molar-refractivity contribution >= 4 is 18.2 Å². The van der Waals surface area contributed by atoms with Gasteiger partial charge < -0.3 is 0 Å². The molecule has 192 valence electrons. The van der Waals surface area contributed by atoms with Crippen molar-refractivity contribution in [2.45, 2.75) is 82.1 Å². The van der Waals surface area contributed by atoms with Gasteiger partial charge in [-0.15, -0.1) is 0 Å². The van der Waals surface area contributed by atoms with Crippen molar-refractivity contribution in [3.05, 3.63) is 122 Å². The standard InChI is InChI=1S/C14H20.C12H16.C10H12/c1-5-8-14-10-12(6-2)11(4)9-13(14)7-3;1-5-6-12-8-10(3)9(2)7-11(12)4;1-3-4-10-7-5-9(2)6-8-10/h5,8-10H,6-7H2,1-4H3;5-8H,1-4H3;3-8H,1-2H3/b8-5+;;. The Morgan fingerprint density at radius 1 is 0.500 bits per heavy atom. The van der Waals surface area contributed by atoms with Crippen LogP contribution in [0.1, 0.15) is 90.3 Å². The second-order valence-electron chi connectivity index (χ2n) is 9.39. The molecule has 0 spiro atoms. The van der Waals surface area contributed by atoms with E-state index in [1.165, 1.54) is 55.6 Å². The van der Waals surface area contributed by atoms with E-state index < -0.39 is 0 Å². The molecule has 0 fully saturated rings. The highest BCUT2D eigenvalue weighted by molar-refractivity contribution is 5.57. The average Bonchev–Trinajstić information content (AvgIpc) is 2.86. The molecule has 0 N–H and O–H groups in total. The van der Waals surface area contributed by atoms with Crippen LogP contribution in [0.15, 0.2) is 66.8 Å². The normalized spacial score (nSPS) is 10.9. The maximum Gasteiger partial charge on any atom is -0.0225 e. The third-order valence-electron chi connectivity index (χ3n) is 6.37. The molecule has 0 amide bonds. The lowest BCUT2D eigenvalue weighted by atomic mass is 9.96. The summed E-state index contributed by atoms with van der Waals surface area (Å²) in [6.45, 7) is 21.3. The van der Waals surface area contributed by atoms with Gasteiger partial charge in [0.05, 0.1) is 0 Å².